The second-order valence-electron chi connectivity index (χ2n) is 8.06. The highest BCUT2D eigenvalue weighted by atomic mass is 16.5. The molecule has 1 N–H and O–H groups in total. The summed E-state index contributed by atoms with van der Waals surface area (Å²) in [6.07, 6.45) is 0.592. The zero-order valence-electron chi connectivity index (χ0n) is 18.4. The van der Waals surface area contributed by atoms with Crippen LogP contribution in [-0.2, 0) is 17.8 Å². The molecule has 166 valence electrons. The topological polar surface area (TPSA) is 72.0 Å². The van der Waals surface area contributed by atoms with Crippen molar-refractivity contribution in [3.05, 3.63) is 136 Å². The van der Waals surface area contributed by atoms with Gasteiger partial charge < -0.3 is 4.74 Å². The second kappa shape index (κ2) is 9.55. The van der Waals surface area contributed by atoms with Crippen molar-refractivity contribution in [1.82, 2.24) is 10.2 Å². The Morgan fingerprint density at radius 2 is 1.44 bits per heavy atom. The second-order valence-corrected chi connectivity index (χ2v) is 8.06. The van der Waals surface area contributed by atoms with Crippen LogP contribution in [-0.4, -0.2) is 16.2 Å². The van der Waals surface area contributed by atoms with Gasteiger partial charge in [-0.15, -0.1) is 0 Å². The van der Waals surface area contributed by atoms with Crippen LogP contribution in [0.1, 0.15) is 27.2 Å². The van der Waals surface area contributed by atoms with Crippen LogP contribution in [0.2, 0.25) is 0 Å². The standard InChI is InChI=1S/C29H22N2O3/c32-28-26-12-5-4-11-25(26)27(30-31-28)18-21-9-6-10-24(17-21)22-13-15-23(16-14-22)29(33)34-19-20-7-2-1-3-8-20/h1-17H,18-19H2,(H,31,32). The minimum absolute atomic E-state index is 0.185. The Balaban J connectivity index is 1.32. The molecule has 0 fully saturated rings. The maximum atomic E-state index is 12.4. The normalized spacial score (nSPS) is 10.8. The van der Waals surface area contributed by atoms with Gasteiger partial charge in [0, 0.05) is 11.8 Å². The lowest BCUT2D eigenvalue weighted by atomic mass is 9.99. The number of fused-ring (bicyclic) bond motifs is 1. The van der Waals surface area contributed by atoms with Gasteiger partial charge in [0.1, 0.15) is 6.61 Å². The van der Waals surface area contributed by atoms with Crippen molar-refractivity contribution in [2.24, 2.45) is 0 Å². The average molecular weight is 447 g/mol. The summed E-state index contributed by atoms with van der Waals surface area (Å²) in [5.41, 5.74) is 5.22. The van der Waals surface area contributed by atoms with Gasteiger partial charge in [-0.2, -0.15) is 5.10 Å². The molecule has 0 unspecified atom stereocenters. The quantitative estimate of drug-likeness (QED) is 0.348. The molecule has 4 aromatic carbocycles. The lowest BCUT2D eigenvalue weighted by Gasteiger charge is -2.09. The number of carbonyl (C=O) groups excluding carboxylic acids is 1. The van der Waals surface area contributed by atoms with Crippen LogP contribution in [0.3, 0.4) is 0 Å². The zero-order valence-corrected chi connectivity index (χ0v) is 18.4. The number of H-pyrrole nitrogens is 1. The van der Waals surface area contributed by atoms with Crippen LogP contribution in [0.25, 0.3) is 21.9 Å². The van der Waals surface area contributed by atoms with E-state index in [9.17, 15) is 9.59 Å². The first-order valence-electron chi connectivity index (χ1n) is 11.0. The third-order valence-electron chi connectivity index (χ3n) is 5.74. The highest BCUT2D eigenvalue weighted by Crippen LogP contribution is 2.24. The monoisotopic (exact) mass is 446 g/mol. The number of aromatic amines is 1. The fraction of sp³-hybridized carbons (Fsp3) is 0.0690. The number of carbonyl (C=O) groups is 1. The highest BCUT2D eigenvalue weighted by Gasteiger charge is 2.10. The lowest BCUT2D eigenvalue weighted by molar-refractivity contribution is 0.0472. The fourth-order valence-corrected chi connectivity index (χ4v) is 3.97. The summed E-state index contributed by atoms with van der Waals surface area (Å²) in [5.74, 6) is -0.347. The fourth-order valence-electron chi connectivity index (χ4n) is 3.97. The van der Waals surface area contributed by atoms with Crippen LogP contribution in [0, 0.1) is 0 Å². The zero-order chi connectivity index (χ0) is 23.3. The van der Waals surface area contributed by atoms with E-state index in [0.717, 1.165) is 33.3 Å². The van der Waals surface area contributed by atoms with Crippen LogP contribution in [0.4, 0.5) is 0 Å². The number of rotatable bonds is 6. The predicted octanol–water partition coefficient (Wildman–Crippen LogP) is 5.54. The Morgan fingerprint density at radius 3 is 2.24 bits per heavy atom. The summed E-state index contributed by atoms with van der Waals surface area (Å²) in [5, 5.41) is 8.38. The molecule has 0 aliphatic carbocycles. The van der Waals surface area contributed by atoms with Gasteiger partial charge in [0.05, 0.1) is 16.6 Å². The molecule has 5 nitrogen and oxygen atoms in total. The first-order chi connectivity index (χ1) is 16.7. The Bertz CT molecular complexity index is 1510. The number of hydrogen-bond acceptors (Lipinski definition) is 4. The molecule has 34 heavy (non-hydrogen) atoms. The van der Waals surface area contributed by atoms with Crippen molar-refractivity contribution < 1.29 is 9.53 Å². The molecule has 0 aliphatic rings. The molecule has 1 heterocycles. The van der Waals surface area contributed by atoms with Crippen molar-refractivity contribution in [2.45, 2.75) is 13.0 Å². The molecule has 0 atom stereocenters. The summed E-state index contributed by atoms with van der Waals surface area (Å²) in [7, 11) is 0. The maximum absolute atomic E-state index is 12.4. The summed E-state index contributed by atoms with van der Waals surface area (Å²) in [6.45, 7) is 0.247. The van der Waals surface area contributed by atoms with Gasteiger partial charge in [-0.1, -0.05) is 84.9 Å². The first-order valence-corrected chi connectivity index (χ1v) is 11.0. The Kier molecular flexibility index (Phi) is 5.99. The molecule has 5 aromatic rings. The predicted molar refractivity (Wildman–Crippen MR) is 133 cm³/mol. The van der Waals surface area contributed by atoms with E-state index in [1.54, 1.807) is 12.1 Å². The van der Waals surface area contributed by atoms with Crippen LogP contribution in [0.5, 0.6) is 0 Å². The Hall–Kier alpha value is -4.51. The number of nitrogens with one attached hydrogen (secondary N) is 1. The van der Waals surface area contributed by atoms with E-state index < -0.39 is 0 Å². The molecule has 1 aromatic heterocycles. The largest absolute Gasteiger partial charge is 0.457 e. The SMILES string of the molecule is O=C(OCc1ccccc1)c1ccc(-c2cccc(Cc3n[nH]c(=O)c4ccccc34)c2)cc1. The smallest absolute Gasteiger partial charge is 0.338 e. The minimum atomic E-state index is -0.347. The van der Waals surface area contributed by atoms with E-state index in [-0.39, 0.29) is 18.1 Å². The van der Waals surface area contributed by atoms with Gasteiger partial charge in [-0.3, -0.25) is 4.79 Å². The summed E-state index contributed by atoms with van der Waals surface area (Å²) >= 11 is 0. The molecule has 0 aliphatic heterocycles. The Morgan fingerprint density at radius 1 is 0.735 bits per heavy atom. The number of nitrogens with zero attached hydrogens (tertiary/aromatic N) is 1. The molecule has 0 radical (unpaired) electrons. The summed E-state index contributed by atoms with van der Waals surface area (Å²) in [4.78, 5) is 24.5. The molecule has 0 saturated carbocycles. The van der Waals surface area contributed by atoms with Crippen molar-refractivity contribution in [3.8, 4) is 11.1 Å². The van der Waals surface area contributed by atoms with Gasteiger partial charge in [0.15, 0.2) is 0 Å². The van der Waals surface area contributed by atoms with Crippen LogP contribution >= 0.6 is 0 Å². The number of ether oxygens (including phenoxy) is 1. The van der Waals surface area contributed by atoms with Crippen molar-refractivity contribution in [1.29, 1.82) is 0 Å². The third-order valence-corrected chi connectivity index (χ3v) is 5.74. The van der Waals surface area contributed by atoms with E-state index in [1.807, 2.05) is 84.9 Å². The molecular weight excluding hydrogens is 424 g/mol. The van der Waals surface area contributed by atoms with Crippen molar-refractivity contribution in [3.63, 3.8) is 0 Å². The Labute approximate surface area is 196 Å². The van der Waals surface area contributed by atoms with E-state index in [0.29, 0.717) is 17.4 Å². The number of aromatic nitrogens is 2. The summed E-state index contributed by atoms with van der Waals surface area (Å²) in [6, 6.07) is 32.7. The maximum Gasteiger partial charge on any atom is 0.338 e. The van der Waals surface area contributed by atoms with Gasteiger partial charge >= 0.3 is 5.97 Å². The number of esters is 1. The number of benzene rings is 4. The lowest BCUT2D eigenvalue weighted by Crippen LogP contribution is -2.11. The number of hydrogen-bond donors (Lipinski definition) is 1. The van der Waals surface area contributed by atoms with Crippen molar-refractivity contribution >= 4 is 16.7 Å². The molecule has 5 heteroatoms. The average Bonchev–Trinajstić information content (AvgIpc) is 2.90. The van der Waals surface area contributed by atoms with Crippen molar-refractivity contribution in [2.75, 3.05) is 0 Å². The molecule has 5 rings (SSSR count). The molecule has 0 amide bonds. The van der Waals surface area contributed by atoms with Crippen LogP contribution < -0.4 is 5.56 Å². The minimum Gasteiger partial charge on any atom is -0.457 e. The van der Waals surface area contributed by atoms with Gasteiger partial charge in [0.2, 0.25) is 0 Å². The molecule has 0 spiro atoms. The third kappa shape index (κ3) is 4.64. The summed E-state index contributed by atoms with van der Waals surface area (Å²) < 4.78 is 5.42. The van der Waals surface area contributed by atoms with E-state index in [2.05, 4.69) is 16.3 Å². The van der Waals surface area contributed by atoms with Gasteiger partial charge in [-0.05, 0) is 40.5 Å². The molecular formula is C29H22N2O3. The molecule has 0 bridgehead atoms. The van der Waals surface area contributed by atoms with Gasteiger partial charge in [0.25, 0.3) is 5.56 Å². The van der Waals surface area contributed by atoms with Gasteiger partial charge in [-0.25, -0.2) is 9.89 Å². The van der Waals surface area contributed by atoms with Crippen LogP contribution in [0.15, 0.2) is 108 Å². The molecule has 0 saturated heterocycles. The van der Waals surface area contributed by atoms with E-state index in [1.165, 1.54) is 0 Å². The van der Waals surface area contributed by atoms with E-state index >= 15 is 0 Å². The first kappa shape index (κ1) is 21.3. The van der Waals surface area contributed by atoms with E-state index in [4.69, 9.17) is 4.74 Å². The highest BCUT2D eigenvalue weighted by molar-refractivity contribution is 5.90.